The molecule has 0 bridgehead atoms. The van der Waals surface area contributed by atoms with Crippen molar-refractivity contribution in [3.63, 3.8) is 0 Å². The number of hydrogen-bond donors (Lipinski definition) is 0. The summed E-state index contributed by atoms with van der Waals surface area (Å²) in [5.74, 6) is -1.52. The van der Waals surface area contributed by atoms with Gasteiger partial charge in [-0.3, -0.25) is 4.99 Å². The smallest absolute Gasteiger partial charge is 0.297 e. The molecule has 92 valence electrons. The van der Waals surface area contributed by atoms with E-state index in [2.05, 4.69) is 4.99 Å². The minimum atomic E-state index is -4.07. The van der Waals surface area contributed by atoms with E-state index in [0.29, 0.717) is 12.8 Å². The Labute approximate surface area is 94.5 Å². The van der Waals surface area contributed by atoms with Gasteiger partial charge in [-0.15, -0.1) is 0 Å². The van der Waals surface area contributed by atoms with Crippen LogP contribution >= 0.6 is 0 Å². The summed E-state index contributed by atoms with van der Waals surface area (Å²) in [6, 6.07) is 0. The van der Waals surface area contributed by atoms with Crippen LogP contribution in [0, 0.1) is 11.8 Å². The Morgan fingerprint density at radius 1 is 1.25 bits per heavy atom. The van der Waals surface area contributed by atoms with Gasteiger partial charge in [-0.1, -0.05) is 18.4 Å². The maximum absolute atomic E-state index is 12.8. The molecule has 1 fully saturated rings. The zero-order valence-electron chi connectivity index (χ0n) is 9.72. The third kappa shape index (κ3) is 3.35. The van der Waals surface area contributed by atoms with Gasteiger partial charge in [0.05, 0.1) is 5.92 Å². The minimum Gasteiger partial charge on any atom is -0.297 e. The fraction of sp³-hybridized carbons (Fsp3) is 0.750. The molecule has 2 unspecified atom stereocenters. The van der Waals surface area contributed by atoms with E-state index in [1.807, 2.05) is 0 Å². The second-order valence-corrected chi connectivity index (χ2v) is 4.36. The molecule has 0 aromatic rings. The van der Waals surface area contributed by atoms with Crippen LogP contribution in [-0.4, -0.2) is 19.4 Å². The molecule has 0 aromatic heterocycles. The SMILES string of the molecule is CN=C/C=C(\C)C1CCCCC1C(F)(F)F. The van der Waals surface area contributed by atoms with Crippen LogP contribution in [0.1, 0.15) is 32.6 Å². The average molecular weight is 233 g/mol. The third-order valence-electron chi connectivity index (χ3n) is 3.26. The molecule has 1 saturated carbocycles. The molecule has 0 heterocycles. The normalized spacial score (nSPS) is 28.7. The van der Waals surface area contributed by atoms with E-state index in [1.165, 1.54) is 0 Å². The van der Waals surface area contributed by atoms with Crippen LogP contribution in [-0.2, 0) is 0 Å². The van der Waals surface area contributed by atoms with E-state index < -0.39 is 12.1 Å². The highest BCUT2D eigenvalue weighted by Crippen LogP contribution is 2.44. The van der Waals surface area contributed by atoms with Crippen LogP contribution in [0.2, 0.25) is 0 Å². The summed E-state index contributed by atoms with van der Waals surface area (Å²) in [7, 11) is 1.62. The molecule has 0 saturated heterocycles. The number of hydrogen-bond acceptors (Lipinski definition) is 1. The van der Waals surface area contributed by atoms with E-state index in [0.717, 1.165) is 12.0 Å². The molecule has 2 atom stereocenters. The number of nitrogens with zero attached hydrogens (tertiary/aromatic N) is 1. The standard InChI is InChI=1S/C12H18F3N/c1-9(7-8-16-2)10-5-3-4-6-11(10)12(13,14)15/h7-8,10-11H,3-6H2,1-2H3/b9-7+,16-8?. The van der Waals surface area contributed by atoms with Gasteiger partial charge in [-0.05, 0) is 31.8 Å². The molecule has 1 aliphatic rings. The first-order valence-electron chi connectivity index (χ1n) is 5.62. The van der Waals surface area contributed by atoms with Crippen molar-refractivity contribution in [3.8, 4) is 0 Å². The first kappa shape index (κ1) is 13.3. The highest BCUT2D eigenvalue weighted by molar-refractivity contribution is 5.71. The van der Waals surface area contributed by atoms with Crippen LogP contribution in [0.4, 0.5) is 13.2 Å². The number of rotatable bonds is 2. The first-order valence-corrected chi connectivity index (χ1v) is 5.62. The summed E-state index contributed by atoms with van der Waals surface area (Å²) in [5, 5.41) is 0. The van der Waals surface area contributed by atoms with Gasteiger partial charge < -0.3 is 0 Å². The second kappa shape index (κ2) is 5.51. The quantitative estimate of drug-likeness (QED) is 0.639. The van der Waals surface area contributed by atoms with Gasteiger partial charge in [-0.2, -0.15) is 13.2 Å². The second-order valence-electron chi connectivity index (χ2n) is 4.36. The molecule has 0 aliphatic heterocycles. The molecule has 16 heavy (non-hydrogen) atoms. The maximum atomic E-state index is 12.8. The van der Waals surface area contributed by atoms with Crippen LogP contribution < -0.4 is 0 Å². The summed E-state index contributed by atoms with van der Waals surface area (Å²) in [6.45, 7) is 1.77. The number of allylic oxidation sites excluding steroid dienone is 2. The Hall–Kier alpha value is -0.800. The fourth-order valence-electron chi connectivity index (χ4n) is 2.38. The predicted octanol–water partition coefficient (Wildman–Crippen LogP) is 4.00. The third-order valence-corrected chi connectivity index (χ3v) is 3.26. The van der Waals surface area contributed by atoms with Gasteiger partial charge in [0.1, 0.15) is 0 Å². The highest BCUT2D eigenvalue weighted by atomic mass is 19.4. The van der Waals surface area contributed by atoms with Crippen molar-refractivity contribution in [2.45, 2.75) is 38.8 Å². The van der Waals surface area contributed by atoms with Gasteiger partial charge in [0.25, 0.3) is 0 Å². The summed E-state index contributed by atoms with van der Waals surface area (Å²) < 4.78 is 38.4. The molecule has 1 aliphatic carbocycles. The Balaban J connectivity index is 2.82. The van der Waals surface area contributed by atoms with Gasteiger partial charge >= 0.3 is 6.18 Å². The van der Waals surface area contributed by atoms with Crippen molar-refractivity contribution < 1.29 is 13.2 Å². The zero-order valence-corrected chi connectivity index (χ0v) is 9.72. The molecule has 0 radical (unpaired) electrons. The van der Waals surface area contributed by atoms with Crippen molar-refractivity contribution >= 4 is 6.21 Å². The van der Waals surface area contributed by atoms with E-state index in [1.54, 1.807) is 26.3 Å². The summed E-state index contributed by atoms with van der Waals surface area (Å²) >= 11 is 0. The van der Waals surface area contributed by atoms with Gasteiger partial charge in [0.2, 0.25) is 0 Å². The minimum absolute atomic E-state index is 0.266. The Bertz CT molecular complexity index is 278. The van der Waals surface area contributed by atoms with Gasteiger partial charge in [0.15, 0.2) is 0 Å². The summed E-state index contributed by atoms with van der Waals surface area (Å²) in [4.78, 5) is 3.78. The van der Waals surface area contributed by atoms with E-state index in [9.17, 15) is 13.2 Å². The largest absolute Gasteiger partial charge is 0.392 e. The summed E-state index contributed by atoms with van der Waals surface area (Å²) in [6.07, 6.45) is 1.70. The first-order chi connectivity index (χ1) is 7.46. The maximum Gasteiger partial charge on any atom is 0.392 e. The number of halogens is 3. The van der Waals surface area contributed by atoms with Crippen molar-refractivity contribution in [2.75, 3.05) is 7.05 Å². The Kier molecular flexibility index (Phi) is 4.56. The molecule has 1 nitrogen and oxygen atoms in total. The lowest BCUT2D eigenvalue weighted by molar-refractivity contribution is -0.192. The molecule has 0 N–H and O–H groups in total. The van der Waals surface area contributed by atoms with Crippen molar-refractivity contribution in [1.29, 1.82) is 0 Å². The average Bonchev–Trinajstić information content (AvgIpc) is 2.24. The van der Waals surface area contributed by atoms with E-state index >= 15 is 0 Å². The molecule has 0 spiro atoms. The lowest BCUT2D eigenvalue weighted by Gasteiger charge is -2.33. The van der Waals surface area contributed by atoms with Crippen LogP contribution in [0.5, 0.6) is 0 Å². The molecule has 1 rings (SSSR count). The molecule has 4 heteroatoms. The predicted molar refractivity (Wildman–Crippen MR) is 59.7 cm³/mol. The topological polar surface area (TPSA) is 12.4 Å². The Morgan fingerprint density at radius 3 is 2.44 bits per heavy atom. The van der Waals surface area contributed by atoms with Gasteiger partial charge in [-0.25, -0.2) is 0 Å². The highest BCUT2D eigenvalue weighted by Gasteiger charge is 2.45. The molecule has 0 amide bonds. The lowest BCUT2D eigenvalue weighted by atomic mass is 9.75. The Morgan fingerprint density at radius 2 is 1.88 bits per heavy atom. The van der Waals surface area contributed by atoms with Crippen molar-refractivity contribution in [3.05, 3.63) is 11.6 Å². The number of alkyl halides is 3. The summed E-state index contributed by atoms with van der Waals surface area (Å²) in [5.41, 5.74) is 0.799. The van der Waals surface area contributed by atoms with Crippen LogP contribution in [0.15, 0.2) is 16.6 Å². The monoisotopic (exact) mass is 233 g/mol. The molecular weight excluding hydrogens is 215 g/mol. The zero-order chi connectivity index (χ0) is 12.2. The molecule has 0 aromatic carbocycles. The van der Waals surface area contributed by atoms with E-state index in [4.69, 9.17) is 0 Å². The fourth-order valence-corrected chi connectivity index (χ4v) is 2.38. The van der Waals surface area contributed by atoms with Crippen molar-refractivity contribution in [1.82, 2.24) is 0 Å². The van der Waals surface area contributed by atoms with Crippen molar-refractivity contribution in [2.24, 2.45) is 16.8 Å². The van der Waals surface area contributed by atoms with E-state index in [-0.39, 0.29) is 12.3 Å². The van der Waals surface area contributed by atoms with Gasteiger partial charge in [0, 0.05) is 13.3 Å². The number of aliphatic imine (C=N–C) groups is 1. The lowest BCUT2D eigenvalue weighted by Crippen LogP contribution is -2.33. The molecular formula is C12H18F3N. The van der Waals surface area contributed by atoms with Crippen LogP contribution in [0.25, 0.3) is 0 Å². The van der Waals surface area contributed by atoms with Crippen LogP contribution in [0.3, 0.4) is 0 Å².